The van der Waals surface area contributed by atoms with Gasteiger partial charge in [-0.25, -0.2) is 12.8 Å². The fraction of sp³-hybridized carbons (Fsp3) is 0.471. The van der Waals surface area contributed by atoms with E-state index in [0.29, 0.717) is 5.56 Å². The molecule has 2 N–H and O–H groups in total. The van der Waals surface area contributed by atoms with Crippen LogP contribution in [-0.2, 0) is 31.0 Å². The Morgan fingerprint density at radius 3 is 2.57 bits per heavy atom. The largest absolute Gasteiger partial charge is 0.350 e. The van der Waals surface area contributed by atoms with Gasteiger partial charge in [0.1, 0.15) is 11.4 Å². The summed E-state index contributed by atoms with van der Waals surface area (Å²) in [6, 6.07) is 5.73. The van der Waals surface area contributed by atoms with Crippen LogP contribution in [0.2, 0.25) is 0 Å². The second-order valence-electron chi connectivity index (χ2n) is 6.85. The highest BCUT2D eigenvalue weighted by Crippen LogP contribution is 2.22. The first-order valence-electron chi connectivity index (χ1n) is 8.45. The average molecular weight is 414 g/mol. The molecule has 1 fully saturated rings. The van der Waals surface area contributed by atoms with Crippen molar-refractivity contribution in [2.24, 2.45) is 0 Å². The fourth-order valence-electron chi connectivity index (χ4n) is 2.76. The van der Waals surface area contributed by atoms with E-state index in [2.05, 4.69) is 10.6 Å². The van der Waals surface area contributed by atoms with Crippen LogP contribution in [0.15, 0.2) is 24.3 Å². The molecule has 9 nitrogen and oxygen atoms in total. The van der Waals surface area contributed by atoms with Crippen LogP contribution in [0.5, 0.6) is 0 Å². The number of rotatable bonds is 6. The summed E-state index contributed by atoms with van der Waals surface area (Å²) in [6.07, 6.45) is 0.962. The molecule has 1 aliphatic heterocycles. The van der Waals surface area contributed by atoms with Crippen LogP contribution in [0.25, 0.3) is 0 Å². The van der Waals surface area contributed by atoms with E-state index in [1.165, 1.54) is 37.1 Å². The van der Waals surface area contributed by atoms with Crippen LogP contribution in [-0.4, -0.2) is 73.8 Å². The lowest BCUT2D eigenvalue weighted by atomic mass is 9.96. The van der Waals surface area contributed by atoms with E-state index in [-0.39, 0.29) is 26.2 Å². The van der Waals surface area contributed by atoms with Gasteiger partial charge in [0, 0.05) is 20.1 Å². The minimum atomic E-state index is -3.66. The van der Waals surface area contributed by atoms with Crippen molar-refractivity contribution in [3.8, 4) is 0 Å². The van der Waals surface area contributed by atoms with Gasteiger partial charge in [-0.15, -0.1) is 0 Å². The maximum atomic E-state index is 13.1. The highest BCUT2D eigenvalue weighted by molar-refractivity contribution is 7.88. The Labute approximate surface area is 162 Å². The molecule has 0 saturated carbocycles. The quantitative estimate of drug-likeness (QED) is 0.623. The predicted molar refractivity (Wildman–Crippen MR) is 98.8 cm³/mol. The first kappa shape index (κ1) is 21.8. The van der Waals surface area contributed by atoms with Gasteiger partial charge in [0.15, 0.2) is 0 Å². The number of hydrogen-bond donors (Lipinski definition) is 2. The molecular weight excluding hydrogens is 391 g/mol. The summed E-state index contributed by atoms with van der Waals surface area (Å²) in [5.41, 5.74) is -0.894. The van der Waals surface area contributed by atoms with E-state index in [1.54, 1.807) is 6.07 Å². The van der Waals surface area contributed by atoms with Crippen LogP contribution < -0.4 is 10.6 Å². The number of nitrogens with one attached hydrogen (secondary N) is 2. The lowest BCUT2D eigenvalue weighted by Gasteiger charge is -2.44. The Balaban J connectivity index is 1.96. The van der Waals surface area contributed by atoms with Crippen LogP contribution >= 0.6 is 0 Å². The van der Waals surface area contributed by atoms with Gasteiger partial charge in [0.2, 0.25) is 27.7 Å². The Bertz CT molecular complexity index is 891. The second-order valence-corrected chi connectivity index (χ2v) is 8.83. The van der Waals surface area contributed by atoms with E-state index in [1.807, 2.05) is 0 Å². The third kappa shape index (κ3) is 5.04. The van der Waals surface area contributed by atoms with Gasteiger partial charge in [-0.1, -0.05) is 12.1 Å². The number of sulfonamides is 1. The van der Waals surface area contributed by atoms with Crippen molar-refractivity contribution in [2.75, 3.05) is 32.9 Å². The van der Waals surface area contributed by atoms with Crippen molar-refractivity contribution in [3.63, 3.8) is 0 Å². The average Bonchev–Trinajstić information content (AvgIpc) is 2.61. The predicted octanol–water partition coefficient (Wildman–Crippen LogP) is -0.950. The molecule has 0 aromatic heterocycles. The molecule has 1 aromatic carbocycles. The molecule has 11 heteroatoms. The summed E-state index contributed by atoms with van der Waals surface area (Å²) in [7, 11) is -2.26. The SMILES string of the molecule is CN1C(=O)CN(S(C)(=O)=O)C[C@@]1(C)C(=O)NCC(=O)NCc1cccc(F)c1. The number of carbonyl (C=O) groups is 3. The zero-order valence-corrected chi connectivity index (χ0v) is 16.7. The zero-order valence-electron chi connectivity index (χ0n) is 15.9. The summed E-state index contributed by atoms with van der Waals surface area (Å²) in [5.74, 6) is -2.11. The van der Waals surface area contributed by atoms with Gasteiger partial charge in [-0.2, -0.15) is 4.31 Å². The van der Waals surface area contributed by atoms with E-state index in [9.17, 15) is 27.2 Å². The third-order valence-corrected chi connectivity index (χ3v) is 5.85. The van der Waals surface area contributed by atoms with Crippen molar-refractivity contribution in [1.82, 2.24) is 19.8 Å². The first-order valence-corrected chi connectivity index (χ1v) is 10.3. The minimum absolute atomic E-state index is 0.0873. The minimum Gasteiger partial charge on any atom is -0.350 e. The molecule has 1 aliphatic rings. The van der Waals surface area contributed by atoms with Crippen molar-refractivity contribution in [3.05, 3.63) is 35.6 Å². The summed E-state index contributed by atoms with van der Waals surface area (Å²) >= 11 is 0. The molecule has 0 unspecified atom stereocenters. The lowest BCUT2D eigenvalue weighted by molar-refractivity contribution is -0.150. The first-order chi connectivity index (χ1) is 12.9. The normalized spacial score (nSPS) is 20.7. The Morgan fingerprint density at radius 1 is 1.29 bits per heavy atom. The van der Waals surface area contributed by atoms with Crippen LogP contribution in [0.4, 0.5) is 4.39 Å². The number of nitrogens with zero attached hydrogens (tertiary/aromatic N) is 2. The van der Waals surface area contributed by atoms with E-state index in [4.69, 9.17) is 0 Å². The number of likely N-dealkylation sites (N-methyl/N-ethyl adjacent to an activating group) is 1. The van der Waals surface area contributed by atoms with E-state index in [0.717, 1.165) is 10.6 Å². The third-order valence-electron chi connectivity index (χ3n) is 4.66. The molecule has 28 heavy (non-hydrogen) atoms. The number of benzene rings is 1. The Morgan fingerprint density at radius 2 is 1.96 bits per heavy atom. The van der Waals surface area contributed by atoms with Crippen LogP contribution in [0.3, 0.4) is 0 Å². The highest BCUT2D eigenvalue weighted by Gasteiger charge is 2.47. The van der Waals surface area contributed by atoms with Crippen molar-refractivity contribution in [1.29, 1.82) is 0 Å². The van der Waals surface area contributed by atoms with Crippen molar-refractivity contribution in [2.45, 2.75) is 19.0 Å². The topological polar surface area (TPSA) is 116 Å². The van der Waals surface area contributed by atoms with Gasteiger partial charge in [-0.05, 0) is 24.6 Å². The Hall–Kier alpha value is -2.53. The van der Waals surface area contributed by atoms with Gasteiger partial charge in [-0.3, -0.25) is 14.4 Å². The lowest BCUT2D eigenvalue weighted by Crippen LogP contribution is -2.68. The molecular formula is C17H23FN4O5S. The van der Waals surface area contributed by atoms with E-state index < -0.39 is 39.1 Å². The number of carbonyl (C=O) groups excluding carboxylic acids is 3. The highest BCUT2D eigenvalue weighted by atomic mass is 32.2. The zero-order chi connectivity index (χ0) is 21.1. The van der Waals surface area contributed by atoms with Crippen molar-refractivity contribution >= 4 is 27.7 Å². The molecule has 0 aliphatic carbocycles. The van der Waals surface area contributed by atoms with Crippen LogP contribution in [0, 0.1) is 5.82 Å². The maximum Gasteiger partial charge on any atom is 0.247 e. The molecule has 0 radical (unpaired) electrons. The molecule has 2 rings (SSSR count). The molecule has 1 saturated heterocycles. The molecule has 0 spiro atoms. The van der Waals surface area contributed by atoms with Gasteiger partial charge >= 0.3 is 0 Å². The Kier molecular flexibility index (Phi) is 6.40. The van der Waals surface area contributed by atoms with Gasteiger partial charge < -0.3 is 15.5 Å². The van der Waals surface area contributed by atoms with Crippen molar-refractivity contribution < 1.29 is 27.2 Å². The number of piperazine rings is 1. The van der Waals surface area contributed by atoms with Gasteiger partial charge in [0.25, 0.3) is 0 Å². The monoisotopic (exact) mass is 414 g/mol. The number of halogens is 1. The maximum absolute atomic E-state index is 13.1. The van der Waals surface area contributed by atoms with Gasteiger partial charge in [0.05, 0.1) is 19.3 Å². The molecule has 1 heterocycles. The number of amides is 3. The summed E-state index contributed by atoms with van der Waals surface area (Å²) in [6.45, 7) is 0.591. The molecule has 154 valence electrons. The molecule has 1 atom stereocenters. The standard InChI is InChI=1S/C17H23FN4O5S/c1-17(11-22(28(3,26)27)10-15(24)21(17)2)16(25)20-9-14(23)19-8-12-5-4-6-13(18)7-12/h4-7H,8-11H2,1-3H3,(H,19,23)(H,20,25)/t17-/m0/s1. The molecule has 3 amide bonds. The summed E-state index contributed by atoms with van der Waals surface area (Å²) in [5, 5.41) is 4.97. The second kappa shape index (κ2) is 8.23. The van der Waals surface area contributed by atoms with Crippen LogP contribution in [0.1, 0.15) is 12.5 Å². The smallest absolute Gasteiger partial charge is 0.247 e. The van der Waals surface area contributed by atoms with E-state index >= 15 is 0 Å². The molecule has 1 aromatic rings. The number of hydrogen-bond acceptors (Lipinski definition) is 5. The summed E-state index contributed by atoms with van der Waals surface area (Å²) < 4.78 is 37.6. The molecule has 0 bridgehead atoms. The fourth-order valence-corrected chi connectivity index (χ4v) is 3.59. The summed E-state index contributed by atoms with van der Waals surface area (Å²) in [4.78, 5) is 37.9.